The summed E-state index contributed by atoms with van der Waals surface area (Å²) in [5, 5.41) is 18.7. The Kier molecular flexibility index (Phi) is 8.61. The zero-order chi connectivity index (χ0) is 31.7. The summed E-state index contributed by atoms with van der Waals surface area (Å²) in [6.45, 7) is 7.99. The summed E-state index contributed by atoms with van der Waals surface area (Å²) in [7, 11) is 0. The Balaban J connectivity index is 1.33. The number of aromatic amines is 1. The van der Waals surface area contributed by atoms with E-state index in [1.165, 1.54) is 0 Å². The number of hydrogen-bond donors (Lipinski definition) is 2. The lowest BCUT2D eigenvalue weighted by molar-refractivity contribution is -0.0654. The van der Waals surface area contributed by atoms with Crippen molar-refractivity contribution in [2.75, 3.05) is 6.61 Å². The quantitative estimate of drug-likeness (QED) is 0.210. The van der Waals surface area contributed by atoms with Crippen LogP contribution in [0.15, 0.2) is 68.8 Å². The first kappa shape index (κ1) is 30.7. The predicted octanol–water partition coefficient (Wildman–Crippen LogP) is 5.63. The van der Waals surface area contributed by atoms with Gasteiger partial charge in [0.25, 0.3) is 5.56 Å². The van der Waals surface area contributed by atoms with Crippen molar-refractivity contribution in [3.63, 3.8) is 0 Å². The van der Waals surface area contributed by atoms with E-state index in [9.17, 15) is 14.7 Å². The molecule has 10 nitrogen and oxygen atoms in total. The van der Waals surface area contributed by atoms with Crippen molar-refractivity contribution in [2.45, 2.75) is 90.4 Å². The minimum atomic E-state index is -0.862. The summed E-state index contributed by atoms with van der Waals surface area (Å²) < 4.78 is 14.7. The van der Waals surface area contributed by atoms with Gasteiger partial charge in [0.05, 0.1) is 30.2 Å². The van der Waals surface area contributed by atoms with Crippen LogP contribution in [0.5, 0.6) is 0 Å². The van der Waals surface area contributed by atoms with Crippen molar-refractivity contribution in [1.29, 1.82) is 0 Å². The fraction of sp³-hybridized carbons (Fsp3) is 0.429. The number of nitrogens with zero attached hydrogens (tertiary/aromatic N) is 4. The minimum Gasteiger partial charge on any atom is -0.388 e. The highest BCUT2D eigenvalue weighted by Crippen LogP contribution is 2.34. The number of ether oxygens (including phenoxy) is 1. The summed E-state index contributed by atoms with van der Waals surface area (Å²) in [4.78, 5) is 28.7. The number of nitrogens with one attached hydrogen (secondary N) is 1. The van der Waals surface area contributed by atoms with Crippen LogP contribution >= 0.6 is 0 Å². The zero-order valence-electron chi connectivity index (χ0n) is 26.4. The van der Waals surface area contributed by atoms with E-state index < -0.39 is 11.4 Å². The average Bonchev–Trinajstić information content (AvgIpc) is 3.68. The van der Waals surface area contributed by atoms with Gasteiger partial charge < -0.3 is 9.84 Å². The smallest absolute Gasteiger partial charge is 0.388 e. The number of benzene rings is 2. The van der Waals surface area contributed by atoms with E-state index in [-0.39, 0.29) is 17.7 Å². The molecule has 45 heavy (non-hydrogen) atoms. The van der Waals surface area contributed by atoms with Gasteiger partial charge in [-0.15, -0.1) is 0 Å². The third-order valence-electron chi connectivity index (χ3n) is 8.70. The highest BCUT2D eigenvalue weighted by Gasteiger charge is 2.28. The third-order valence-corrected chi connectivity index (χ3v) is 8.70. The Morgan fingerprint density at radius 1 is 1.04 bits per heavy atom. The number of fused-ring (bicyclic) bond motifs is 1. The van der Waals surface area contributed by atoms with E-state index in [2.05, 4.69) is 47.3 Å². The van der Waals surface area contributed by atoms with Crippen LogP contribution in [0.1, 0.15) is 81.3 Å². The van der Waals surface area contributed by atoms with Gasteiger partial charge in [0.1, 0.15) is 5.65 Å². The topological polar surface area (TPSA) is 128 Å². The predicted molar refractivity (Wildman–Crippen MR) is 173 cm³/mol. The molecule has 236 valence electrons. The number of H-pyrrole nitrogens is 1. The maximum absolute atomic E-state index is 14.4. The van der Waals surface area contributed by atoms with Crippen LogP contribution in [0.4, 0.5) is 0 Å². The number of aliphatic hydroxyl groups is 1. The lowest BCUT2D eigenvalue weighted by atomic mass is 9.91. The second kappa shape index (κ2) is 12.6. The van der Waals surface area contributed by atoms with E-state index in [1.807, 2.05) is 39.4 Å². The molecule has 1 aliphatic rings. The van der Waals surface area contributed by atoms with Gasteiger partial charge in [0, 0.05) is 29.7 Å². The summed E-state index contributed by atoms with van der Waals surface area (Å²) in [5.74, 6) is -0.212. The lowest BCUT2D eigenvalue weighted by Crippen LogP contribution is -2.36. The number of aromatic nitrogens is 5. The molecule has 6 rings (SSSR count). The second-order valence-electron chi connectivity index (χ2n) is 12.8. The standard InChI is InChI=1S/C35H41N5O5/c1-5-8-30-29(20-23-11-16-26(22(2)19-23)27-9-6-7-10-28(27)32-37-34(42)45-38-32)33(41)39(31-17-18-36-40(30)31)24-12-14-25(15-13-24)44-21-35(3,4)43/h6-7,9-11,16-19,24-25,43H,5,8,12-15,20-21H2,1-4H3,(H,37,38,42)/t24-,25-. The summed E-state index contributed by atoms with van der Waals surface area (Å²) in [6.07, 6.45) is 7.34. The first-order valence-electron chi connectivity index (χ1n) is 15.8. The molecule has 0 unspecified atom stereocenters. The van der Waals surface area contributed by atoms with Crippen molar-refractivity contribution in [3.8, 4) is 22.5 Å². The molecule has 3 aromatic heterocycles. The molecule has 1 aliphatic carbocycles. The molecule has 10 heteroatoms. The molecule has 1 saturated carbocycles. The van der Waals surface area contributed by atoms with E-state index in [4.69, 9.17) is 9.26 Å². The summed E-state index contributed by atoms with van der Waals surface area (Å²) in [6, 6.07) is 16.0. The molecule has 2 aromatic carbocycles. The molecule has 0 radical (unpaired) electrons. The molecule has 0 amide bonds. The largest absolute Gasteiger partial charge is 0.439 e. The fourth-order valence-electron chi connectivity index (χ4n) is 6.62. The van der Waals surface area contributed by atoms with Crippen molar-refractivity contribution >= 4 is 5.65 Å². The number of aryl methyl sites for hydroxylation is 2. The first-order valence-corrected chi connectivity index (χ1v) is 15.8. The number of hydrogen-bond acceptors (Lipinski definition) is 7. The van der Waals surface area contributed by atoms with Gasteiger partial charge in [0.2, 0.25) is 0 Å². The van der Waals surface area contributed by atoms with Crippen molar-refractivity contribution < 1.29 is 14.4 Å². The molecule has 2 N–H and O–H groups in total. The highest BCUT2D eigenvalue weighted by atomic mass is 16.5. The van der Waals surface area contributed by atoms with E-state index in [0.29, 0.717) is 18.9 Å². The third kappa shape index (κ3) is 6.43. The molecule has 0 atom stereocenters. The summed E-state index contributed by atoms with van der Waals surface area (Å²) in [5.41, 5.74) is 6.57. The van der Waals surface area contributed by atoms with Gasteiger partial charge in [-0.3, -0.25) is 18.9 Å². The lowest BCUT2D eigenvalue weighted by Gasteiger charge is -2.32. The fourth-order valence-corrected chi connectivity index (χ4v) is 6.62. The van der Waals surface area contributed by atoms with Crippen LogP contribution in [-0.2, 0) is 17.6 Å². The Hall–Kier alpha value is -4.28. The molecule has 0 spiro atoms. The molecule has 0 bridgehead atoms. The minimum absolute atomic E-state index is 0.0503. The monoisotopic (exact) mass is 611 g/mol. The van der Waals surface area contributed by atoms with E-state index >= 15 is 0 Å². The first-order chi connectivity index (χ1) is 21.6. The van der Waals surface area contributed by atoms with Gasteiger partial charge >= 0.3 is 5.76 Å². The van der Waals surface area contributed by atoms with Crippen molar-refractivity contribution in [1.82, 2.24) is 24.3 Å². The van der Waals surface area contributed by atoms with Crippen LogP contribution in [0.3, 0.4) is 0 Å². The molecule has 1 fully saturated rings. The zero-order valence-corrected chi connectivity index (χ0v) is 26.4. The van der Waals surface area contributed by atoms with Crippen LogP contribution in [0, 0.1) is 6.92 Å². The molecule has 3 heterocycles. The van der Waals surface area contributed by atoms with Crippen molar-refractivity contribution in [2.24, 2.45) is 0 Å². The van der Waals surface area contributed by atoms with Crippen LogP contribution in [0.2, 0.25) is 0 Å². The normalized spacial score (nSPS) is 17.3. The van der Waals surface area contributed by atoms with Crippen molar-refractivity contribution in [3.05, 3.63) is 98.0 Å². The Morgan fingerprint density at radius 3 is 2.47 bits per heavy atom. The van der Waals surface area contributed by atoms with Gasteiger partial charge in [-0.25, -0.2) is 9.31 Å². The maximum Gasteiger partial charge on any atom is 0.439 e. The van der Waals surface area contributed by atoms with E-state index in [1.54, 1.807) is 20.0 Å². The van der Waals surface area contributed by atoms with Gasteiger partial charge in [-0.2, -0.15) is 5.10 Å². The highest BCUT2D eigenvalue weighted by molar-refractivity contribution is 5.82. The molecule has 5 aromatic rings. The molecular weight excluding hydrogens is 570 g/mol. The Labute approximate surface area is 261 Å². The van der Waals surface area contributed by atoms with Crippen LogP contribution in [-0.4, -0.2) is 47.7 Å². The van der Waals surface area contributed by atoms with Gasteiger partial charge in [-0.1, -0.05) is 61.0 Å². The second-order valence-corrected chi connectivity index (χ2v) is 12.8. The Morgan fingerprint density at radius 2 is 1.80 bits per heavy atom. The number of rotatable bonds is 10. The molecule has 0 aliphatic heterocycles. The molecular formula is C35H41N5O5. The van der Waals surface area contributed by atoms with Crippen LogP contribution in [0.25, 0.3) is 28.2 Å². The van der Waals surface area contributed by atoms with Gasteiger partial charge in [0.15, 0.2) is 5.82 Å². The Bertz CT molecular complexity index is 1920. The SMILES string of the molecule is CCCc1c(Cc2ccc(-c3ccccc3-c3noc(=O)[nH]3)c(C)c2)c(=O)n([C@H]2CC[C@H](OCC(C)(C)O)CC2)c2ccnn12. The van der Waals surface area contributed by atoms with Crippen LogP contribution < -0.4 is 11.3 Å². The van der Waals surface area contributed by atoms with Gasteiger partial charge in [-0.05, 0) is 75.1 Å². The average molecular weight is 612 g/mol. The summed E-state index contributed by atoms with van der Waals surface area (Å²) >= 11 is 0. The van der Waals surface area contributed by atoms with E-state index in [0.717, 1.165) is 83.2 Å². The maximum atomic E-state index is 14.4. The molecule has 0 saturated heterocycles.